The van der Waals surface area contributed by atoms with Crippen LogP contribution in [0.5, 0.6) is 0 Å². The van der Waals surface area contributed by atoms with Crippen LogP contribution in [0, 0.1) is 11.8 Å². The minimum absolute atomic E-state index is 0.0144. The van der Waals surface area contributed by atoms with E-state index in [1.165, 1.54) is 32.4 Å². The Bertz CT molecular complexity index is 334. The van der Waals surface area contributed by atoms with Crippen molar-refractivity contribution in [2.24, 2.45) is 11.8 Å². The Balaban J connectivity index is 1.97. The molecule has 0 bridgehead atoms. The molecule has 0 aromatic rings. The molecule has 0 spiro atoms. The van der Waals surface area contributed by atoms with E-state index in [1.54, 1.807) is 0 Å². The van der Waals surface area contributed by atoms with Crippen molar-refractivity contribution in [1.29, 1.82) is 0 Å². The molecule has 4 nitrogen and oxygen atoms in total. The van der Waals surface area contributed by atoms with Crippen molar-refractivity contribution < 1.29 is 4.79 Å². The SMILES string of the molecule is CCN1CCCCC(CN2CCCC(C)C(NC)C2=O)C1. The van der Waals surface area contributed by atoms with E-state index in [0.717, 1.165) is 32.5 Å². The predicted octanol–water partition coefficient (Wildman–Crippen LogP) is 1.95. The molecule has 2 aliphatic heterocycles. The maximum atomic E-state index is 12.7. The van der Waals surface area contributed by atoms with Crippen molar-refractivity contribution in [2.45, 2.75) is 52.0 Å². The number of carbonyl (C=O) groups is 1. The quantitative estimate of drug-likeness (QED) is 0.861. The molecule has 0 saturated carbocycles. The predicted molar refractivity (Wildman–Crippen MR) is 87.3 cm³/mol. The van der Waals surface area contributed by atoms with Crippen LogP contribution in [0.3, 0.4) is 0 Å². The standard InChI is InChI=1S/C17H33N3O/c1-4-19-10-6-5-9-15(12-19)13-20-11-7-8-14(2)16(18-3)17(20)21/h14-16,18H,4-13H2,1-3H3. The van der Waals surface area contributed by atoms with Gasteiger partial charge in [-0.25, -0.2) is 0 Å². The third-order valence-electron chi connectivity index (χ3n) is 5.32. The van der Waals surface area contributed by atoms with Crippen molar-refractivity contribution in [3.8, 4) is 0 Å². The van der Waals surface area contributed by atoms with Crippen LogP contribution < -0.4 is 5.32 Å². The highest BCUT2D eigenvalue weighted by atomic mass is 16.2. The average Bonchev–Trinajstić information content (AvgIpc) is 2.77. The molecule has 2 heterocycles. The molecular weight excluding hydrogens is 262 g/mol. The second kappa shape index (κ2) is 8.14. The topological polar surface area (TPSA) is 35.6 Å². The Kier molecular flexibility index (Phi) is 6.49. The van der Waals surface area contributed by atoms with Gasteiger partial charge < -0.3 is 15.1 Å². The first-order valence-corrected chi connectivity index (χ1v) is 8.84. The molecule has 2 fully saturated rings. The zero-order valence-corrected chi connectivity index (χ0v) is 14.1. The molecule has 4 heteroatoms. The molecule has 2 saturated heterocycles. The van der Waals surface area contributed by atoms with Crippen LogP contribution in [0.15, 0.2) is 0 Å². The fourth-order valence-electron chi connectivity index (χ4n) is 3.97. The van der Waals surface area contributed by atoms with Gasteiger partial charge >= 0.3 is 0 Å². The molecule has 1 amide bonds. The molecule has 1 N–H and O–H groups in total. The summed E-state index contributed by atoms with van der Waals surface area (Å²) >= 11 is 0. The third-order valence-corrected chi connectivity index (χ3v) is 5.32. The molecule has 0 aliphatic carbocycles. The fraction of sp³-hybridized carbons (Fsp3) is 0.941. The summed E-state index contributed by atoms with van der Waals surface area (Å²) in [5.41, 5.74) is 0. The summed E-state index contributed by atoms with van der Waals surface area (Å²) < 4.78 is 0. The van der Waals surface area contributed by atoms with E-state index >= 15 is 0 Å². The lowest BCUT2D eigenvalue weighted by molar-refractivity contribution is -0.134. The second-order valence-corrected chi connectivity index (χ2v) is 6.93. The molecule has 0 radical (unpaired) electrons. The minimum atomic E-state index is 0.0144. The summed E-state index contributed by atoms with van der Waals surface area (Å²) in [6.45, 7) is 9.90. The molecule has 3 unspecified atom stereocenters. The van der Waals surface area contributed by atoms with E-state index in [2.05, 4.69) is 29.0 Å². The summed E-state index contributed by atoms with van der Waals surface area (Å²) in [5, 5.41) is 3.24. The van der Waals surface area contributed by atoms with Gasteiger partial charge in [0.2, 0.25) is 5.91 Å². The van der Waals surface area contributed by atoms with Crippen molar-refractivity contribution in [3.63, 3.8) is 0 Å². The van der Waals surface area contributed by atoms with E-state index < -0.39 is 0 Å². The number of likely N-dealkylation sites (N-methyl/N-ethyl adjacent to an activating group) is 1. The Labute approximate surface area is 130 Å². The lowest BCUT2D eigenvalue weighted by Gasteiger charge is -2.31. The van der Waals surface area contributed by atoms with Crippen molar-refractivity contribution in [1.82, 2.24) is 15.1 Å². The molecule has 122 valence electrons. The summed E-state index contributed by atoms with van der Waals surface area (Å²) in [6.07, 6.45) is 6.21. The highest BCUT2D eigenvalue weighted by molar-refractivity contribution is 5.82. The highest BCUT2D eigenvalue weighted by Crippen LogP contribution is 2.22. The Morgan fingerprint density at radius 3 is 2.71 bits per heavy atom. The first kappa shape index (κ1) is 16.8. The van der Waals surface area contributed by atoms with Gasteiger partial charge in [-0.15, -0.1) is 0 Å². The van der Waals surface area contributed by atoms with Crippen LogP contribution >= 0.6 is 0 Å². The summed E-state index contributed by atoms with van der Waals surface area (Å²) in [4.78, 5) is 17.4. The number of rotatable bonds is 4. The first-order chi connectivity index (χ1) is 10.2. The smallest absolute Gasteiger partial charge is 0.239 e. The maximum Gasteiger partial charge on any atom is 0.239 e. The van der Waals surface area contributed by atoms with E-state index in [-0.39, 0.29) is 6.04 Å². The largest absolute Gasteiger partial charge is 0.341 e. The van der Waals surface area contributed by atoms with Gasteiger partial charge in [-0.1, -0.05) is 20.3 Å². The molecule has 3 atom stereocenters. The molecule has 0 aromatic carbocycles. The Morgan fingerprint density at radius 1 is 1.19 bits per heavy atom. The van der Waals surface area contributed by atoms with Crippen molar-refractivity contribution in [2.75, 3.05) is 39.8 Å². The van der Waals surface area contributed by atoms with Gasteiger partial charge in [0.15, 0.2) is 0 Å². The van der Waals surface area contributed by atoms with Gasteiger partial charge in [-0.2, -0.15) is 0 Å². The van der Waals surface area contributed by atoms with E-state index in [0.29, 0.717) is 17.7 Å². The summed E-state index contributed by atoms with van der Waals surface area (Å²) in [7, 11) is 1.92. The Morgan fingerprint density at radius 2 is 2.00 bits per heavy atom. The zero-order valence-electron chi connectivity index (χ0n) is 14.1. The highest BCUT2D eigenvalue weighted by Gasteiger charge is 2.32. The van der Waals surface area contributed by atoms with Gasteiger partial charge in [0.05, 0.1) is 6.04 Å². The molecule has 0 aromatic heterocycles. The lowest BCUT2D eigenvalue weighted by atomic mass is 9.97. The molecule has 21 heavy (non-hydrogen) atoms. The van der Waals surface area contributed by atoms with Crippen molar-refractivity contribution in [3.05, 3.63) is 0 Å². The number of amides is 1. The average molecular weight is 295 g/mol. The van der Waals surface area contributed by atoms with Crippen LogP contribution in [-0.2, 0) is 4.79 Å². The summed E-state index contributed by atoms with van der Waals surface area (Å²) in [6, 6.07) is 0.0144. The first-order valence-electron chi connectivity index (χ1n) is 8.84. The number of hydrogen-bond acceptors (Lipinski definition) is 3. The van der Waals surface area contributed by atoms with Crippen molar-refractivity contribution >= 4 is 5.91 Å². The van der Waals surface area contributed by atoms with Crippen LogP contribution in [0.25, 0.3) is 0 Å². The van der Waals surface area contributed by atoms with E-state index in [9.17, 15) is 4.79 Å². The number of likely N-dealkylation sites (tertiary alicyclic amines) is 2. The lowest BCUT2D eigenvalue weighted by Crippen LogP contribution is -2.48. The summed E-state index contributed by atoms with van der Waals surface area (Å²) in [5.74, 6) is 1.44. The molecule has 2 aliphatic rings. The number of nitrogens with zero attached hydrogens (tertiary/aromatic N) is 2. The van der Waals surface area contributed by atoms with E-state index in [1.807, 2.05) is 7.05 Å². The van der Waals surface area contributed by atoms with Crippen LogP contribution in [0.2, 0.25) is 0 Å². The molecule has 2 rings (SSSR count). The van der Waals surface area contributed by atoms with E-state index in [4.69, 9.17) is 0 Å². The minimum Gasteiger partial charge on any atom is -0.341 e. The zero-order chi connectivity index (χ0) is 15.2. The van der Waals surface area contributed by atoms with Gasteiger partial charge in [0, 0.05) is 19.6 Å². The van der Waals surface area contributed by atoms with Crippen LogP contribution in [0.1, 0.15) is 46.0 Å². The van der Waals surface area contributed by atoms with Crippen LogP contribution in [0.4, 0.5) is 0 Å². The fourth-order valence-corrected chi connectivity index (χ4v) is 3.97. The van der Waals surface area contributed by atoms with Gasteiger partial charge in [0.1, 0.15) is 0 Å². The van der Waals surface area contributed by atoms with Gasteiger partial charge in [0.25, 0.3) is 0 Å². The monoisotopic (exact) mass is 295 g/mol. The Hall–Kier alpha value is -0.610. The normalized spacial score (nSPS) is 32.8. The second-order valence-electron chi connectivity index (χ2n) is 6.93. The number of nitrogens with one attached hydrogen (secondary N) is 1. The number of carbonyl (C=O) groups excluding carboxylic acids is 1. The van der Waals surface area contributed by atoms with Gasteiger partial charge in [-0.3, -0.25) is 4.79 Å². The number of hydrogen-bond donors (Lipinski definition) is 1. The van der Waals surface area contributed by atoms with Crippen LogP contribution in [-0.4, -0.2) is 61.5 Å². The van der Waals surface area contributed by atoms with Gasteiger partial charge in [-0.05, 0) is 57.7 Å². The molecular formula is C17H33N3O. The third kappa shape index (κ3) is 4.43. The maximum absolute atomic E-state index is 12.7.